The van der Waals surface area contributed by atoms with Crippen molar-refractivity contribution in [1.82, 2.24) is 4.98 Å². The molecule has 0 amide bonds. The van der Waals surface area contributed by atoms with Gasteiger partial charge >= 0.3 is 7.12 Å². The van der Waals surface area contributed by atoms with Gasteiger partial charge in [-0.25, -0.2) is 4.98 Å². The van der Waals surface area contributed by atoms with E-state index in [1.54, 1.807) is 17.5 Å². The molecule has 0 saturated carbocycles. The minimum Gasteiger partial charge on any atom is -0.399 e. The highest BCUT2D eigenvalue weighted by Crippen LogP contribution is 2.36. The van der Waals surface area contributed by atoms with Crippen LogP contribution in [0.1, 0.15) is 27.7 Å². The number of aromatic nitrogens is 1. The fraction of sp³-hybridized carbons (Fsp3) is 0.400. The molecular weight excluding hydrogens is 283 g/mol. The molecule has 0 unspecified atom stereocenters. The number of hydrogen-bond acceptors (Lipinski definition) is 5. The van der Waals surface area contributed by atoms with Crippen LogP contribution in [-0.4, -0.2) is 23.3 Å². The first-order valence-electron chi connectivity index (χ1n) is 6.99. The fourth-order valence-electron chi connectivity index (χ4n) is 2.15. The van der Waals surface area contributed by atoms with Gasteiger partial charge in [0.2, 0.25) is 0 Å². The van der Waals surface area contributed by atoms with Crippen LogP contribution in [0.15, 0.2) is 35.8 Å². The van der Waals surface area contributed by atoms with E-state index in [4.69, 9.17) is 9.31 Å². The number of hydrogen-bond donors (Lipinski definition) is 1. The van der Waals surface area contributed by atoms with Crippen LogP contribution in [0.25, 0.3) is 0 Å². The zero-order valence-electron chi connectivity index (χ0n) is 12.7. The third kappa shape index (κ3) is 2.84. The van der Waals surface area contributed by atoms with Crippen molar-refractivity contribution in [2.24, 2.45) is 0 Å². The van der Waals surface area contributed by atoms with Crippen LogP contribution in [0.3, 0.4) is 0 Å². The Morgan fingerprint density at radius 1 is 1.14 bits per heavy atom. The second kappa shape index (κ2) is 5.12. The van der Waals surface area contributed by atoms with Crippen LogP contribution in [0.2, 0.25) is 0 Å². The minimum atomic E-state index is -0.340. The van der Waals surface area contributed by atoms with Crippen molar-refractivity contribution >= 4 is 34.7 Å². The van der Waals surface area contributed by atoms with E-state index in [1.807, 2.05) is 29.6 Å². The first-order valence-corrected chi connectivity index (χ1v) is 7.87. The Labute approximate surface area is 129 Å². The first kappa shape index (κ1) is 14.6. The van der Waals surface area contributed by atoms with Gasteiger partial charge in [0.05, 0.1) is 11.2 Å². The van der Waals surface area contributed by atoms with Crippen molar-refractivity contribution in [2.75, 3.05) is 5.32 Å². The maximum atomic E-state index is 6.08. The van der Waals surface area contributed by atoms with Gasteiger partial charge in [-0.1, -0.05) is 12.1 Å². The lowest BCUT2D eigenvalue weighted by atomic mass is 9.79. The lowest BCUT2D eigenvalue weighted by Gasteiger charge is -2.32. The van der Waals surface area contributed by atoms with Gasteiger partial charge in [0.15, 0.2) is 5.13 Å². The second-order valence-corrected chi connectivity index (χ2v) is 7.07. The number of thiazole rings is 1. The van der Waals surface area contributed by atoms with Crippen molar-refractivity contribution in [3.8, 4) is 0 Å². The Morgan fingerprint density at radius 3 is 2.48 bits per heavy atom. The molecule has 1 aliphatic heterocycles. The number of rotatable bonds is 3. The van der Waals surface area contributed by atoms with E-state index in [0.29, 0.717) is 0 Å². The summed E-state index contributed by atoms with van der Waals surface area (Å²) in [7, 11) is -0.340. The average molecular weight is 302 g/mol. The summed E-state index contributed by atoms with van der Waals surface area (Å²) in [5.74, 6) is 0. The van der Waals surface area contributed by atoms with Gasteiger partial charge in [-0.3, -0.25) is 0 Å². The van der Waals surface area contributed by atoms with Gasteiger partial charge in [0.25, 0.3) is 0 Å². The quantitative estimate of drug-likeness (QED) is 0.884. The molecule has 3 rings (SSSR count). The number of anilines is 2. The van der Waals surface area contributed by atoms with Crippen LogP contribution in [0, 0.1) is 0 Å². The minimum absolute atomic E-state index is 0.323. The molecule has 0 spiro atoms. The fourth-order valence-corrected chi connectivity index (χ4v) is 2.70. The van der Waals surface area contributed by atoms with Crippen molar-refractivity contribution in [3.63, 3.8) is 0 Å². The molecule has 6 heteroatoms. The Hall–Kier alpha value is -1.37. The highest BCUT2D eigenvalue weighted by atomic mass is 32.1. The molecule has 0 atom stereocenters. The van der Waals surface area contributed by atoms with E-state index >= 15 is 0 Å². The van der Waals surface area contributed by atoms with Gasteiger partial charge < -0.3 is 14.6 Å². The van der Waals surface area contributed by atoms with Gasteiger partial charge in [-0.05, 0) is 45.3 Å². The molecule has 4 nitrogen and oxygen atoms in total. The molecule has 0 aliphatic carbocycles. The van der Waals surface area contributed by atoms with E-state index < -0.39 is 0 Å². The molecule has 110 valence electrons. The molecule has 1 aromatic carbocycles. The van der Waals surface area contributed by atoms with Crippen molar-refractivity contribution in [3.05, 3.63) is 35.8 Å². The molecule has 0 radical (unpaired) electrons. The lowest BCUT2D eigenvalue weighted by Crippen LogP contribution is -2.41. The highest BCUT2D eigenvalue weighted by molar-refractivity contribution is 7.13. The SMILES string of the molecule is CC1(C)OB(c2cccc(Nc3nccs3)c2)OC1(C)C. The van der Waals surface area contributed by atoms with Crippen LogP contribution in [0.5, 0.6) is 0 Å². The summed E-state index contributed by atoms with van der Waals surface area (Å²) < 4.78 is 12.2. The average Bonchev–Trinajstić information content (AvgIpc) is 2.97. The van der Waals surface area contributed by atoms with Gasteiger partial charge in [0, 0.05) is 17.3 Å². The molecule has 1 fully saturated rings. The van der Waals surface area contributed by atoms with E-state index in [1.165, 1.54) is 0 Å². The summed E-state index contributed by atoms with van der Waals surface area (Å²) in [6, 6.07) is 8.07. The topological polar surface area (TPSA) is 43.4 Å². The maximum absolute atomic E-state index is 6.08. The number of nitrogens with zero attached hydrogens (tertiary/aromatic N) is 1. The number of benzene rings is 1. The smallest absolute Gasteiger partial charge is 0.399 e. The van der Waals surface area contributed by atoms with Crippen LogP contribution >= 0.6 is 11.3 Å². The monoisotopic (exact) mass is 302 g/mol. The van der Waals surface area contributed by atoms with Crippen LogP contribution < -0.4 is 10.8 Å². The molecule has 1 aromatic heterocycles. The van der Waals surface area contributed by atoms with Crippen LogP contribution in [-0.2, 0) is 9.31 Å². The predicted molar refractivity (Wildman–Crippen MR) is 87.6 cm³/mol. The predicted octanol–water partition coefficient (Wildman–Crippen LogP) is 3.19. The number of nitrogens with one attached hydrogen (secondary N) is 1. The summed E-state index contributed by atoms with van der Waals surface area (Å²) >= 11 is 1.57. The molecule has 0 bridgehead atoms. The van der Waals surface area contributed by atoms with Crippen molar-refractivity contribution in [1.29, 1.82) is 0 Å². The summed E-state index contributed by atoms with van der Waals surface area (Å²) in [6.07, 6.45) is 1.78. The van der Waals surface area contributed by atoms with Crippen LogP contribution in [0.4, 0.5) is 10.8 Å². The van der Waals surface area contributed by atoms with Gasteiger partial charge in [-0.15, -0.1) is 11.3 Å². The zero-order valence-corrected chi connectivity index (χ0v) is 13.5. The van der Waals surface area contributed by atoms with Gasteiger partial charge in [0.1, 0.15) is 0 Å². The Kier molecular flexibility index (Phi) is 3.55. The second-order valence-electron chi connectivity index (χ2n) is 6.18. The van der Waals surface area contributed by atoms with Crippen molar-refractivity contribution < 1.29 is 9.31 Å². The highest BCUT2D eigenvalue weighted by Gasteiger charge is 2.51. The Bertz CT molecular complexity index is 612. The normalized spacial score (nSPS) is 19.7. The lowest BCUT2D eigenvalue weighted by molar-refractivity contribution is 0.00578. The molecule has 21 heavy (non-hydrogen) atoms. The van der Waals surface area contributed by atoms with Crippen molar-refractivity contribution in [2.45, 2.75) is 38.9 Å². The molecule has 2 heterocycles. The summed E-state index contributed by atoms with van der Waals surface area (Å²) in [5, 5.41) is 6.11. The first-order chi connectivity index (χ1) is 9.87. The standard InChI is InChI=1S/C15H19BN2O2S/c1-14(2)15(3,4)20-16(19-14)11-6-5-7-12(10-11)18-13-17-8-9-21-13/h5-10H,1-4H3,(H,17,18). The Balaban J connectivity index is 1.81. The maximum Gasteiger partial charge on any atom is 0.494 e. The Morgan fingerprint density at radius 2 is 1.86 bits per heavy atom. The summed E-state index contributed by atoms with van der Waals surface area (Å²) in [5.41, 5.74) is 1.35. The van der Waals surface area contributed by atoms with E-state index in [9.17, 15) is 0 Å². The molecule has 1 aliphatic rings. The third-order valence-corrected chi connectivity index (χ3v) is 4.78. The van der Waals surface area contributed by atoms with E-state index in [-0.39, 0.29) is 18.3 Å². The summed E-state index contributed by atoms with van der Waals surface area (Å²) in [6.45, 7) is 8.24. The molecule has 1 N–H and O–H groups in total. The molecule has 1 saturated heterocycles. The van der Waals surface area contributed by atoms with E-state index in [0.717, 1.165) is 16.3 Å². The molecular formula is C15H19BN2O2S. The van der Waals surface area contributed by atoms with Gasteiger partial charge in [-0.2, -0.15) is 0 Å². The zero-order chi connectivity index (χ0) is 15.1. The third-order valence-electron chi connectivity index (χ3n) is 4.10. The largest absolute Gasteiger partial charge is 0.494 e. The van der Waals surface area contributed by atoms with E-state index in [2.05, 4.69) is 38.0 Å². The molecule has 2 aromatic rings. The summed E-state index contributed by atoms with van der Waals surface area (Å²) in [4.78, 5) is 4.23.